The van der Waals surface area contributed by atoms with Crippen molar-refractivity contribution in [2.24, 2.45) is 0 Å². The molecule has 162 valence electrons. The maximum atomic E-state index is 13.4. The van der Waals surface area contributed by atoms with Gasteiger partial charge in [0.25, 0.3) is 0 Å². The molecule has 0 saturated heterocycles. The van der Waals surface area contributed by atoms with Crippen molar-refractivity contribution in [3.8, 4) is 22.5 Å². The summed E-state index contributed by atoms with van der Waals surface area (Å²) in [5, 5.41) is 10.1. The van der Waals surface area contributed by atoms with Gasteiger partial charge < -0.3 is 4.90 Å². The summed E-state index contributed by atoms with van der Waals surface area (Å²) in [6.07, 6.45) is 5.10. The summed E-state index contributed by atoms with van der Waals surface area (Å²) in [6, 6.07) is 12.4. The molecule has 1 aromatic carbocycles. The summed E-state index contributed by atoms with van der Waals surface area (Å²) in [4.78, 5) is 15.8. The largest absolute Gasteiger partial charge is 0.308 e. The average Bonchev–Trinajstić information content (AvgIpc) is 3.23. The summed E-state index contributed by atoms with van der Waals surface area (Å²) in [7, 11) is 4.09. The van der Waals surface area contributed by atoms with Crippen LogP contribution in [0.3, 0.4) is 0 Å². The highest BCUT2D eigenvalue weighted by molar-refractivity contribution is 7.99. The Morgan fingerprint density at radius 3 is 2.69 bits per heavy atom. The average molecular weight is 448 g/mol. The highest BCUT2D eigenvalue weighted by atomic mass is 32.2. The van der Waals surface area contributed by atoms with Crippen LogP contribution in [0.1, 0.15) is 11.7 Å². The van der Waals surface area contributed by atoms with E-state index >= 15 is 0 Å². The van der Waals surface area contributed by atoms with Crippen molar-refractivity contribution < 1.29 is 4.39 Å². The van der Waals surface area contributed by atoms with E-state index in [4.69, 9.17) is 15.1 Å². The van der Waals surface area contributed by atoms with Gasteiger partial charge in [-0.15, -0.1) is 5.10 Å². The van der Waals surface area contributed by atoms with Gasteiger partial charge in [-0.25, -0.2) is 19.0 Å². The Balaban J connectivity index is 1.55. The first-order valence-corrected chi connectivity index (χ1v) is 11.1. The molecule has 0 amide bonds. The summed E-state index contributed by atoms with van der Waals surface area (Å²) < 4.78 is 15.3. The Kier molecular flexibility index (Phi) is 5.69. The van der Waals surface area contributed by atoms with Crippen LogP contribution in [-0.4, -0.2) is 56.8 Å². The van der Waals surface area contributed by atoms with Gasteiger partial charge in [-0.05, 0) is 61.8 Å². The lowest BCUT2D eigenvalue weighted by molar-refractivity contribution is 0.343. The highest BCUT2D eigenvalue weighted by Crippen LogP contribution is 2.40. The minimum absolute atomic E-state index is 0.216. The third-order valence-electron chi connectivity index (χ3n) is 5.20. The van der Waals surface area contributed by atoms with E-state index in [1.165, 1.54) is 23.9 Å². The molecule has 0 aliphatic carbocycles. The smallest absolute Gasteiger partial charge is 0.194 e. The molecule has 4 heterocycles. The van der Waals surface area contributed by atoms with Gasteiger partial charge >= 0.3 is 0 Å². The normalized spacial score (nSPS) is 14.9. The van der Waals surface area contributed by atoms with Gasteiger partial charge in [0.1, 0.15) is 17.0 Å². The van der Waals surface area contributed by atoms with Gasteiger partial charge in [0.05, 0.1) is 0 Å². The number of nitrogens with zero attached hydrogens (tertiary/aromatic N) is 6. The number of hydrogen-bond donors (Lipinski definition) is 1. The molecule has 1 atom stereocenters. The summed E-state index contributed by atoms with van der Waals surface area (Å²) in [6.45, 7) is 1.65. The molecular formula is C23H22FN7S. The number of fused-ring (bicyclic) bond motifs is 2. The van der Waals surface area contributed by atoms with Crippen LogP contribution in [0.25, 0.3) is 22.5 Å². The fraction of sp³-hybridized carbons (Fsp3) is 0.217. The standard InChI is InChI=1S/C23H22FN7S/c1-30(2)11-10-26-21-19-12-17(15-5-7-18(24)8-6-15)14-27-22(19)32-23-28-20(29-31(21)23)16-4-3-9-25-13-16/h3-9,12-14,21,26H,10-11H2,1-2H3/t21-/m0/s1. The number of halogens is 1. The lowest BCUT2D eigenvalue weighted by Crippen LogP contribution is -2.36. The Morgan fingerprint density at radius 2 is 1.94 bits per heavy atom. The third-order valence-corrected chi connectivity index (χ3v) is 6.20. The van der Waals surface area contributed by atoms with E-state index < -0.39 is 0 Å². The molecule has 0 saturated carbocycles. The number of benzene rings is 1. The van der Waals surface area contributed by atoms with E-state index in [9.17, 15) is 4.39 Å². The molecule has 1 N–H and O–H groups in total. The molecule has 5 rings (SSSR count). The van der Waals surface area contributed by atoms with E-state index in [1.54, 1.807) is 24.5 Å². The van der Waals surface area contributed by atoms with Crippen molar-refractivity contribution >= 4 is 11.8 Å². The van der Waals surface area contributed by atoms with Crippen LogP contribution in [0, 0.1) is 5.82 Å². The van der Waals surface area contributed by atoms with Crippen molar-refractivity contribution in [2.75, 3.05) is 27.2 Å². The summed E-state index contributed by atoms with van der Waals surface area (Å²) in [5.74, 6) is 0.375. The molecule has 0 spiro atoms. The predicted octanol–water partition coefficient (Wildman–Crippen LogP) is 3.70. The molecule has 0 radical (unpaired) electrons. The zero-order chi connectivity index (χ0) is 22.1. The number of aromatic nitrogens is 5. The lowest BCUT2D eigenvalue weighted by Gasteiger charge is -2.27. The van der Waals surface area contributed by atoms with Crippen molar-refractivity contribution in [3.63, 3.8) is 0 Å². The molecule has 1 aliphatic heterocycles. The Labute approximate surface area is 189 Å². The van der Waals surface area contributed by atoms with E-state index in [0.29, 0.717) is 5.82 Å². The molecule has 0 unspecified atom stereocenters. The first-order valence-electron chi connectivity index (χ1n) is 10.3. The maximum Gasteiger partial charge on any atom is 0.194 e. The molecule has 4 aromatic rings. The second-order valence-corrected chi connectivity index (χ2v) is 8.75. The minimum atomic E-state index is -0.256. The molecule has 7 nitrogen and oxygen atoms in total. The van der Waals surface area contributed by atoms with Crippen molar-refractivity contribution in [2.45, 2.75) is 16.3 Å². The quantitative estimate of drug-likeness (QED) is 0.483. The van der Waals surface area contributed by atoms with Crippen LogP contribution in [0.2, 0.25) is 0 Å². The van der Waals surface area contributed by atoms with Gasteiger partial charge in [0, 0.05) is 48.4 Å². The second-order valence-electron chi connectivity index (χ2n) is 7.79. The number of likely N-dealkylation sites (N-methyl/N-ethyl adjacent to an activating group) is 1. The maximum absolute atomic E-state index is 13.4. The number of pyridine rings is 2. The van der Waals surface area contributed by atoms with Crippen LogP contribution in [0.15, 0.2) is 71.2 Å². The fourth-order valence-electron chi connectivity index (χ4n) is 3.55. The van der Waals surface area contributed by atoms with Crippen molar-refractivity contribution in [1.29, 1.82) is 0 Å². The van der Waals surface area contributed by atoms with Crippen LogP contribution < -0.4 is 5.32 Å². The van der Waals surface area contributed by atoms with Crippen molar-refractivity contribution in [3.05, 3.63) is 72.4 Å². The van der Waals surface area contributed by atoms with Gasteiger partial charge in [0.15, 0.2) is 11.0 Å². The highest BCUT2D eigenvalue weighted by Gasteiger charge is 2.30. The molecule has 3 aromatic heterocycles. The zero-order valence-corrected chi connectivity index (χ0v) is 18.6. The zero-order valence-electron chi connectivity index (χ0n) is 17.7. The summed E-state index contributed by atoms with van der Waals surface area (Å²) in [5.41, 5.74) is 3.73. The molecule has 0 bridgehead atoms. The Hall–Kier alpha value is -3.14. The first-order chi connectivity index (χ1) is 15.6. The van der Waals surface area contributed by atoms with Crippen LogP contribution in [0.5, 0.6) is 0 Å². The fourth-order valence-corrected chi connectivity index (χ4v) is 4.49. The van der Waals surface area contributed by atoms with E-state index in [1.807, 2.05) is 37.1 Å². The SMILES string of the molecule is CN(C)CCN[C@@H]1c2cc(-c3ccc(F)cc3)cnc2Sc2nc(-c3cccnc3)nn21. The summed E-state index contributed by atoms with van der Waals surface area (Å²) >= 11 is 1.50. The van der Waals surface area contributed by atoms with Gasteiger partial charge in [-0.1, -0.05) is 12.1 Å². The van der Waals surface area contributed by atoms with E-state index in [-0.39, 0.29) is 12.0 Å². The molecular weight excluding hydrogens is 425 g/mol. The van der Waals surface area contributed by atoms with E-state index in [2.05, 4.69) is 21.3 Å². The number of rotatable bonds is 6. The minimum Gasteiger partial charge on any atom is -0.308 e. The van der Waals surface area contributed by atoms with Crippen LogP contribution in [0.4, 0.5) is 4.39 Å². The first kappa shape index (κ1) is 20.7. The molecule has 1 aliphatic rings. The molecule has 32 heavy (non-hydrogen) atoms. The Morgan fingerprint density at radius 1 is 1.09 bits per heavy atom. The lowest BCUT2D eigenvalue weighted by atomic mass is 10.0. The topological polar surface area (TPSA) is 71.8 Å². The molecule has 0 fully saturated rings. The van der Waals surface area contributed by atoms with Gasteiger partial charge in [-0.3, -0.25) is 10.3 Å². The van der Waals surface area contributed by atoms with Crippen molar-refractivity contribution in [1.82, 2.24) is 34.9 Å². The second kappa shape index (κ2) is 8.78. The predicted molar refractivity (Wildman–Crippen MR) is 122 cm³/mol. The molecule has 9 heteroatoms. The number of hydrogen-bond acceptors (Lipinski definition) is 7. The van der Waals surface area contributed by atoms with E-state index in [0.717, 1.165) is 45.5 Å². The van der Waals surface area contributed by atoms with Crippen LogP contribution in [-0.2, 0) is 0 Å². The Bertz CT molecular complexity index is 1230. The van der Waals surface area contributed by atoms with Gasteiger partial charge in [0.2, 0.25) is 0 Å². The number of nitrogens with one attached hydrogen (secondary N) is 1. The monoisotopic (exact) mass is 447 g/mol. The third kappa shape index (κ3) is 4.14. The van der Waals surface area contributed by atoms with Crippen LogP contribution >= 0.6 is 11.8 Å². The van der Waals surface area contributed by atoms with Gasteiger partial charge in [-0.2, -0.15) is 0 Å².